The molecule has 2 aromatic heterocycles. The van der Waals surface area contributed by atoms with Crippen molar-refractivity contribution in [2.45, 2.75) is 19.4 Å². The third-order valence-corrected chi connectivity index (χ3v) is 4.92. The molecule has 2 bridgehead atoms. The van der Waals surface area contributed by atoms with E-state index in [0.29, 0.717) is 35.3 Å². The first-order valence-corrected chi connectivity index (χ1v) is 9.30. The van der Waals surface area contributed by atoms with Crippen molar-refractivity contribution >= 4 is 34.3 Å². The van der Waals surface area contributed by atoms with Crippen LogP contribution in [0.4, 0.5) is 5.82 Å². The van der Waals surface area contributed by atoms with Gasteiger partial charge >= 0.3 is 0 Å². The molecule has 1 aliphatic rings. The zero-order valence-corrected chi connectivity index (χ0v) is 16.2. The molecule has 0 saturated carbocycles. The lowest BCUT2D eigenvalue weighted by atomic mass is 10.2. The van der Waals surface area contributed by atoms with Crippen LogP contribution in [0.15, 0.2) is 42.7 Å². The molecule has 1 N–H and O–H groups in total. The third kappa shape index (κ3) is 3.28. The van der Waals surface area contributed by atoms with Crippen LogP contribution in [0.3, 0.4) is 0 Å². The number of halogens is 1. The Morgan fingerprint density at radius 2 is 2.19 bits per heavy atom. The Morgan fingerprint density at radius 1 is 1.31 bits per heavy atom. The highest BCUT2D eigenvalue weighted by atomic mass is 127. The summed E-state index contributed by atoms with van der Waals surface area (Å²) >= 11 is 2.18. The number of carbonyl (C=O) groups is 1. The summed E-state index contributed by atoms with van der Waals surface area (Å²) in [5.74, 6) is 1.44. The Balaban J connectivity index is 1.80. The number of aromatic nitrogens is 4. The summed E-state index contributed by atoms with van der Waals surface area (Å²) in [5.41, 5.74) is 1.16. The highest BCUT2D eigenvalue weighted by Gasteiger charge is 2.19. The van der Waals surface area contributed by atoms with E-state index in [1.807, 2.05) is 34.9 Å². The van der Waals surface area contributed by atoms with Gasteiger partial charge in [-0.1, -0.05) is 6.07 Å². The molecule has 1 unspecified atom stereocenters. The predicted octanol–water partition coefficient (Wildman–Crippen LogP) is 3.54. The first-order chi connectivity index (χ1) is 12.6. The molecule has 7 nitrogen and oxygen atoms in total. The average Bonchev–Trinajstić information content (AvgIpc) is 3.12. The van der Waals surface area contributed by atoms with Crippen molar-refractivity contribution in [3.05, 3.63) is 51.9 Å². The van der Waals surface area contributed by atoms with E-state index in [1.165, 1.54) is 0 Å². The van der Waals surface area contributed by atoms with Crippen LogP contribution in [0, 0.1) is 3.57 Å². The summed E-state index contributed by atoms with van der Waals surface area (Å²) < 4.78 is 8.85. The number of hydrogen-bond acceptors (Lipinski definition) is 5. The Kier molecular flexibility index (Phi) is 4.58. The second kappa shape index (κ2) is 7.02. The van der Waals surface area contributed by atoms with Gasteiger partial charge in [-0.25, -0.2) is 4.98 Å². The van der Waals surface area contributed by atoms with Gasteiger partial charge in [-0.05, 0) is 59.8 Å². The van der Waals surface area contributed by atoms with Crippen molar-refractivity contribution in [2.75, 3.05) is 11.9 Å². The first-order valence-electron chi connectivity index (χ1n) is 8.22. The standard InChI is InChI=1S/C18H16IN5O2/c1-11-7-8-26-15-6-5-12(19)9-13(15)18(25)22-16-4-2-3-14(21-16)17-23-20-10-24(11)17/h2-6,9-11H,7-8H2,1H3,(H,21,22,25). The van der Waals surface area contributed by atoms with Crippen molar-refractivity contribution in [3.8, 4) is 17.3 Å². The minimum Gasteiger partial charge on any atom is -0.493 e. The molecule has 8 heteroatoms. The Hall–Kier alpha value is -2.49. The van der Waals surface area contributed by atoms with E-state index >= 15 is 0 Å². The molecule has 0 aliphatic carbocycles. The molecule has 0 spiro atoms. The van der Waals surface area contributed by atoms with Crippen LogP contribution in [0.1, 0.15) is 29.7 Å². The van der Waals surface area contributed by atoms with Gasteiger partial charge in [0.25, 0.3) is 5.91 Å². The van der Waals surface area contributed by atoms with E-state index in [9.17, 15) is 4.79 Å². The number of nitrogens with one attached hydrogen (secondary N) is 1. The zero-order valence-electron chi connectivity index (χ0n) is 14.0. The van der Waals surface area contributed by atoms with Gasteiger partial charge in [-0.15, -0.1) is 10.2 Å². The lowest BCUT2D eigenvalue weighted by Gasteiger charge is -2.16. The van der Waals surface area contributed by atoms with Crippen LogP contribution in [0.2, 0.25) is 0 Å². The Labute approximate surface area is 163 Å². The minimum absolute atomic E-state index is 0.127. The molecule has 0 fully saturated rings. The van der Waals surface area contributed by atoms with E-state index in [0.717, 1.165) is 9.99 Å². The molecule has 1 amide bonds. The average molecular weight is 461 g/mol. The molecule has 0 saturated heterocycles. The summed E-state index contributed by atoms with van der Waals surface area (Å²) in [4.78, 5) is 17.3. The summed E-state index contributed by atoms with van der Waals surface area (Å²) in [7, 11) is 0. The van der Waals surface area contributed by atoms with E-state index in [2.05, 4.69) is 50.0 Å². The van der Waals surface area contributed by atoms with Gasteiger partial charge in [-0.2, -0.15) is 0 Å². The quantitative estimate of drug-likeness (QED) is 0.518. The fourth-order valence-electron chi connectivity index (χ4n) is 2.85. The molecule has 4 rings (SSSR count). The van der Waals surface area contributed by atoms with Crippen molar-refractivity contribution in [1.29, 1.82) is 0 Å². The molecule has 132 valence electrons. The van der Waals surface area contributed by atoms with Crippen LogP contribution in [-0.4, -0.2) is 32.3 Å². The van der Waals surface area contributed by atoms with Gasteiger partial charge < -0.3 is 14.6 Å². The normalized spacial score (nSPS) is 16.8. The maximum Gasteiger partial charge on any atom is 0.260 e. The van der Waals surface area contributed by atoms with Crippen molar-refractivity contribution < 1.29 is 9.53 Å². The van der Waals surface area contributed by atoms with Gasteiger partial charge in [0.15, 0.2) is 5.82 Å². The molecule has 1 aromatic carbocycles. The number of benzene rings is 1. The molecule has 0 radical (unpaired) electrons. The van der Waals surface area contributed by atoms with E-state index < -0.39 is 0 Å². The smallest absolute Gasteiger partial charge is 0.260 e. The fourth-order valence-corrected chi connectivity index (χ4v) is 3.34. The van der Waals surface area contributed by atoms with Crippen molar-refractivity contribution in [1.82, 2.24) is 19.7 Å². The number of hydrogen-bond donors (Lipinski definition) is 1. The van der Waals surface area contributed by atoms with E-state index in [4.69, 9.17) is 4.74 Å². The number of nitrogens with zero attached hydrogens (tertiary/aromatic N) is 4. The maximum absolute atomic E-state index is 12.8. The van der Waals surface area contributed by atoms with Crippen LogP contribution < -0.4 is 10.1 Å². The largest absolute Gasteiger partial charge is 0.493 e. The summed E-state index contributed by atoms with van der Waals surface area (Å²) in [6, 6.07) is 11.1. The van der Waals surface area contributed by atoms with Crippen molar-refractivity contribution in [3.63, 3.8) is 0 Å². The third-order valence-electron chi connectivity index (χ3n) is 4.25. The van der Waals surface area contributed by atoms with Gasteiger partial charge in [0.2, 0.25) is 0 Å². The Morgan fingerprint density at radius 3 is 3.08 bits per heavy atom. The number of pyridine rings is 1. The topological polar surface area (TPSA) is 81.9 Å². The van der Waals surface area contributed by atoms with Crippen molar-refractivity contribution in [2.24, 2.45) is 0 Å². The SMILES string of the molecule is CC1CCOc2ccc(I)cc2C(=O)Nc2cccc(n2)-c2nncn21. The molecule has 3 heterocycles. The Bertz CT molecular complexity index is 972. The number of rotatable bonds is 0. The molecular weight excluding hydrogens is 445 g/mol. The lowest BCUT2D eigenvalue weighted by Crippen LogP contribution is -2.15. The molecule has 1 aliphatic heterocycles. The number of anilines is 1. The van der Waals surface area contributed by atoms with E-state index in [-0.39, 0.29) is 11.9 Å². The number of fused-ring (bicyclic) bond motifs is 5. The van der Waals surface area contributed by atoms with Gasteiger partial charge in [0.1, 0.15) is 23.6 Å². The molecular formula is C18H16IN5O2. The van der Waals surface area contributed by atoms with Crippen LogP contribution in [0.5, 0.6) is 5.75 Å². The van der Waals surface area contributed by atoms with Gasteiger partial charge in [0, 0.05) is 16.0 Å². The molecule has 1 atom stereocenters. The molecule has 3 aromatic rings. The number of carbonyl (C=O) groups excluding carboxylic acids is 1. The summed E-state index contributed by atoms with van der Waals surface area (Å²) in [5, 5.41) is 11.1. The monoisotopic (exact) mass is 461 g/mol. The second-order valence-electron chi connectivity index (χ2n) is 6.05. The fraction of sp³-hybridized carbons (Fsp3) is 0.222. The highest BCUT2D eigenvalue weighted by molar-refractivity contribution is 14.1. The summed E-state index contributed by atoms with van der Waals surface area (Å²) in [6.45, 7) is 2.56. The van der Waals surface area contributed by atoms with Gasteiger partial charge in [0.05, 0.1) is 12.2 Å². The zero-order chi connectivity index (χ0) is 18.1. The number of ether oxygens (including phenoxy) is 1. The van der Waals surface area contributed by atoms with Crippen LogP contribution in [0.25, 0.3) is 11.5 Å². The van der Waals surface area contributed by atoms with Crippen LogP contribution in [-0.2, 0) is 0 Å². The second-order valence-corrected chi connectivity index (χ2v) is 7.30. The highest BCUT2D eigenvalue weighted by Crippen LogP contribution is 2.26. The molecule has 26 heavy (non-hydrogen) atoms. The van der Waals surface area contributed by atoms with E-state index in [1.54, 1.807) is 12.4 Å². The summed E-state index contributed by atoms with van der Waals surface area (Å²) in [6.07, 6.45) is 2.45. The lowest BCUT2D eigenvalue weighted by molar-refractivity contribution is 0.102. The van der Waals surface area contributed by atoms with Crippen LogP contribution >= 0.6 is 22.6 Å². The maximum atomic E-state index is 12.8. The predicted molar refractivity (Wildman–Crippen MR) is 105 cm³/mol. The van der Waals surface area contributed by atoms with Gasteiger partial charge in [-0.3, -0.25) is 4.79 Å². The minimum atomic E-state index is -0.253. The first kappa shape index (κ1) is 17.0. The number of amides is 1.